The van der Waals surface area contributed by atoms with E-state index in [1.807, 2.05) is 0 Å². The lowest BCUT2D eigenvalue weighted by atomic mass is 10.1. The predicted octanol–water partition coefficient (Wildman–Crippen LogP) is 0.737. The van der Waals surface area contributed by atoms with Crippen molar-refractivity contribution in [3.63, 3.8) is 0 Å². The Balaban J connectivity index is 2.52. The fourth-order valence-corrected chi connectivity index (χ4v) is 5.09. The van der Waals surface area contributed by atoms with Gasteiger partial charge in [-0.2, -0.15) is 8.62 Å². The first-order valence-electron chi connectivity index (χ1n) is 5.76. The smallest absolute Gasteiger partial charge is 0.393 e. The van der Waals surface area contributed by atoms with Crippen LogP contribution in [0.15, 0.2) is 0 Å². The lowest BCUT2D eigenvalue weighted by Crippen LogP contribution is -2.09. The van der Waals surface area contributed by atoms with Gasteiger partial charge in [-0.05, 0) is 24.7 Å². The third-order valence-corrected chi connectivity index (χ3v) is 6.63. The molecule has 1 aliphatic rings. The summed E-state index contributed by atoms with van der Waals surface area (Å²) in [5.41, 5.74) is 0. The van der Waals surface area contributed by atoms with Crippen molar-refractivity contribution in [1.29, 1.82) is 0 Å². The maximum absolute atomic E-state index is 11.4. The molecule has 1 saturated carbocycles. The molecule has 5 atom stereocenters. The second-order valence-electron chi connectivity index (χ2n) is 4.77. The number of hydrogen-bond acceptors (Lipinski definition) is 7. The van der Waals surface area contributed by atoms with Crippen LogP contribution in [0.2, 0.25) is 0 Å². The Morgan fingerprint density at radius 3 is 2.00 bits per heavy atom. The molecule has 5 N–H and O–H groups in total. The standard InChI is InChI=1S/C7H17O11P3/c1-5-2-6(3-7(5)8)4-16-20(12,13)18-21(14,15)17-19(9,10)11/h5-8H,2-4H2,1H3,(H,12,13)(H,14,15)(H2,9,10,11)/t5-,6+,7-/m1/s1. The summed E-state index contributed by atoms with van der Waals surface area (Å²) in [6, 6.07) is 0. The summed E-state index contributed by atoms with van der Waals surface area (Å²) in [7, 11) is -15.9. The first kappa shape index (κ1) is 19.4. The van der Waals surface area contributed by atoms with Gasteiger partial charge in [0.2, 0.25) is 0 Å². The molecule has 0 amide bonds. The second-order valence-corrected chi connectivity index (χ2v) is 9.19. The lowest BCUT2D eigenvalue weighted by Gasteiger charge is -2.17. The summed E-state index contributed by atoms with van der Waals surface area (Å²) in [4.78, 5) is 34.8. The highest BCUT2D eigenvalue weighted by atomic mass is 31.3. The molecule has 0 spiro atoms. The molecule has 14 heteroatoms. The summed E-state index contributed by atoms with van der Waals surface area (Å²) >= 11 is 0. The quantitative estimate of drug-likeness (QED) is 0.399. The minimum atomic E-state index is -5.47. The van der Waals surface area contributed by atoms with Gasteiger partial charge in [0.15, 0.2) is 0 Å². The molecule has 0 aromatic rings. The van der Waals surface area contributed by atoms with E-state index < -0.39 is 29.6 Å². The van der Waals surface area contributed by atoms with Gasteiger partial charge in [-0.15, -0.1) is 0 Å². The van der Waals surface area contributed by atoms with E-state index in [4.69, 9.17) is 14.7 Å². The number of hydrogen-bond donors (Lipinski definition) is 5. The predicted molar refractivity (Wildman–Crippen MR) is 67.7 cm³/mol. The number of aliphatic hydroxyl groups excluding tert-OH is 1. The van der Waals surface area contributed by atoms with Crippen molar-refractivity contribution in [3.05, 3.63) is 0 Å². The molecule has 0 bridgehead atoms. The van der Waals surface area contributed by atoms with E-state index in [1.54, 1.807) is 6.92 Å². The van der Waals surface area contributed by atoms with Crippen LogP contribution in [0.4, 0.5) is 0 Å². The lowest BCUT2D eigenvalue weighted by molar-refractivity contribution is 0.129. The van der Waals surface area contributed by atoms with Gasteiger partial charge < -0.3 is 24.7 Å². The van der Waals surface area contributed by atoms with Crippen LogP contribution in [-0.2, 0) is 26.8 Å². The number of aliphatic hydroxyl groups is 1. The zero-order valence-electron chi connectivity index (χ0n) is 10.9. The number of phosphoric ester groups is 1. The van der Waals surface area contributed by atoms with Gasteiger partial charge in [0, 0.05) is 0 Å². The maximum Gasteiger partial charge on any atom is 0.490 e. The van der Waals surface area contributed by atoms with Crippen molar-refractivity contribution < 1.29 is 51.5 Å². The van der Waals surface area contributed by atoms with E-state index in [1.165, 1.54) is 0 Å². The average Bonchev–Trinajstić information content (AvgIpc) is 2.50. The molecule has 1 aliphatic carbocycles. The van der Waals surface area contributed by atoms with Gasteiger partial charge in [-0.1, -0.05) is 6.92 Å². The van der Waals surface area contributed by atoms with Gasteiger partial charge in [0.1, 0.15) is 0 Å². The maximum atomic E-state index is 11.4. The molecule has 21 heavy (non-hydrogen) atoms. The Bertz CT molecular complexity index is 490. The van der Waals surface area contributed by atoms with Gasteiger partial charge in [-0.25, -0.2) is 13.7 Å². The molecule has 1 fully saturated rings. The molecule has 2 unspecified atom stereocenters. The Kier molecular flexibility index (Phi) is 6.35. The molecule has 0 aromatic heterocycles. The van der Waals surface area contributed by atoms with Crippen molar-refractivity contribution in [2.45, 2.75) is 25.9 Å². The molecule has 0 radical (unpaired) electrons. The van der Waals surface area contributed by atoms with Gasteiger partial charge in [-0.3, -0.25) is 4.52 Å². The topological polar surface area (TPSA) is 180 Å². The largest absolute Gasteiger partial charge is 0.490 e. The Hall–Kier alpha value is 0.370. The Labute approximate surface area is 120 Å². The highest BCUT2D eigenvalue weighted by molar-refractivity contribution is 7.66. The molecule has 1 rings (SSSR count). The molecule has 0 heterocycles. The molecule has 126 valence electrons. The molecule has 0 saturated heterocycles. The Morgan fingerprint density at radius 2 is 1.57 bits per heavy atom. The SMILES string of the molecule is C[C@@H]1C[C@H](COP(=O)(O)OP(=O)(O)OP(=O)(O)O)C[C@H]1O. The number of phosphoric acid groups is 3. The number of rotatable bonds is 7. The highest BCUT2D eigenvalue weighted by Crippen LogP contribution is 2.66. The van der Waals surface area contributed by atoms with Crippen LogP contribution in [0, 0.1) is 11.8 Å². The van der Waals surface area contributed by atoms with E-state index in [2.05, 4.69) is 13.1 Å². The first-order chi connectivity index (χ1) is 9.30. The van der Waals surface area contributed by atoms with Crippen molar-refractivity contribution in [3.8, 4) is 0 Å². The molecular weight excluding hydrogens is 353 g/mol. The molecule has 0 aromatic carbocycles. The average molecular weight is 370 g/mol. The van der Waals surface area contributed by atoms with E-state index in [0.29, 0.717) is 12.8 Å². The van der Waals surface area contributed by atoms with Crippen LogP contribution in [0.5, 0.6) is 0 Å². The van der Waals surface area contributed by atoms with Crippen LogP contribution in [0.3, 0.4) is 0 Å². The van der Waals surface area contributed by atoms with Crippen molar-refractivity contribution in [1.82, 2.24) is 0 Å². The van der Waals surface area contributed by atoms with Crippen LogP contribution >= 0.6 is 23.5 Å². The van der Waals surface area contributed by atoms with Crippen LogP contribution < -0.4 is 0 Å². The highest BCUT2D eigenvalue weighted by Gasteiger charge is 2.41. The van der Waals surface area contributed by atoms with Gasteiger partial charge >= 0.3 is 23.5 Å². The molecular formula is C7H17O11P3. The van der Waals surface area contributed by atoms with E-state index in [9.17, 15) is 23.7 Å². The van der Waals surface area contributed by atoms with Crippen molar-refractivity contribution in [2.24, 2.45) is 11.8 Å². The van der Waals surface area contributed by atoms with Crippen molar-refractivity contribution >= 4 is 23.5 Å². The normalized spacial score (nSPS) is 32.6. The molecule has 0 aliphatic heterocycles. The van der Waals surface area contributed by atoms with Crippen LogP contribution in [-0.4, -0.2) is 37.4 Å². The zero-order valence-corrected chi connectivity index (χ0v) is 13.6. The third kappa shape index (κ3) is 7.45. The minimum absolute atomic E-state index is 0.0143. The fourth-order valence-electron chi connectivity index (χ4n) is 1.99. The van der Waals surface area contributed by atoms with Gasteiger partial charge in [0.25, 0.3) is 0 Å². The van der Waals surface area contributed by atoms with Crippen LogP contribution in [0.25, 0.3) is 0 Å². The monoisotopic (exact) mass is 370 g/mol. The van der Waals surface area contributed by atoms with Crippen molar-refractivity contribution in [2.75, 3.05) is 6.61 Å². The summed E-state index contributed by atoms with van der Waals surface area (Å²) in [6.07, 6.45) is 0.285. The Morgan fingerprint density at radius 1 is 1.00 bits per heavy atom. The third-order valence-electron chi connectivity index (χ3n) is 2.83. The van der Waals surface area contributed by atoms with Crippen LogP contribution in [0.1, 0.15) is 19.8 Å². The molecule has 11 nitrogen and oxygen atoms in total. The minimum Gasteiger partial charge on any atom is -0.393 e. The second kappa shape index (κ2) is 6.86. The zero-order chi connectivity index (χ0) is 16.5. The van der Waals surface area contributed by atoms with Gasteiger partial charge in [0.05, 0.1) is 12.7 Å². The summed E-state index contributed by atoms with van der Waals surface area (Å²) in [6.45, 7) is 1.46. The fraction of sp³-hybridized carbons (Fsp3) is 1.00. The summed E-state index contributed by atoms with van der Waals surface area (Å²) < 4.78 is 44.5. The summed E-state index contributed by atoms with van der Waals surface area (Å²) in [5, 5.41) is 9.50. The van der Waals surface area contributed by atoms with E-state index >= 15 is 0 Å². The van der Waals surface area contributed by atoms with E-state index in [-0.39, 0.29) is 18.4 Å². The summed E-state index contributed by atoms with van der Waals surface area (Å²) in [5.74, 6) is -0.264. The first-order valence-corrected chi connectivity index (χ1v) is 10.3. The van der Waals surface area contributed by atoms with E-state index in [0.717, 1.165) is 0 Å².